The van der Waals surface area contributed by atoms with Gasteiger partial charge in [-0.3, -0.25) is 0 Å². The Bertz CT molecular complexity index is 6330. The summed E-state index contributed by atoms with van der Waals surface area (Å²) < 4.78 is 169. The smallest absolute Gasteiger partial charge is 0.201 e. The minimum atomic E-state index is -0.936. The molecule has 0 radical (unpaired) electrons. The molecular formula is C127H134F10O5. The molecule has 0 saturated heterocycles. The third-order valence-corrected chi connectivity index (χ3v) is 25.1. The molecule has 15 heteroatoms. The first-order chi connectivity index (χ1) is 69.1. The summed E-state index contributed by atoms with van der Waals surface area (Å²) in [5.74, 6) is -9.22. The van der Waals surface area contributed by atoms with Gasteiger partial charge in [-0.2, -0.15) is 22.0 Å². The SMILES string of the molecule is CCCCCc1ccc(CCc2ccc(-c3ccc(OCC)c(F)c3F)cc2)cc1.CCCCOc1ccc(-c2ccc(CCc3ccc(C)cc3)cc2)c(F)c1F.CCCCc1ccc(CCc2ccc(-c3ccc(OCC)c(F)c3F)cc2)cc1.CCCc1ccc(CCc2ccc(-c3ccc(OCC)c(F)c3F)cc2)cc1.CCOc1ccc(-c2ccc(CCc3ccc(CC)cc3)cc2)c(F)c1F. The van der Waals surface area contributed by atoms with E-state index in [-0.39, 0.29) is 56.6 Å². The van der Waals surface area contributed by atoms with E-state index in [0.717, 1.165) is 109 Å². The summed E-state index contributed by atoms with van der Waals surface area (Å²) in [5.41, 5.74) is 23.7. The van der Waals surface area contributed by atoms with Crippen molar-refractivity contribution < 1.29 is 67.6 Å². The molecule has 0 aliphatic heterocycles. The average Bonchev–Trinajstić information content (AvgIpc) is 0.825. The molecule has 0 heterocycles. The van der Waals surface area contributed by atoms with E-state index in [1.807, 2.05) is 128 Å². The van der Waals surface area contributed by atoms with E-state index >= 15 is 0 Å². The summed E-state index contributed by atoms with van der Waals surface area (Å²) in [6, 6.07) is 97.3. The van der Waals surface area contributed by atoms with Crippen LogP contribution < -0.4 is 23.7 Å². The molecule has 0 N–H and O–H groups in total. The predicted molar refractivity (Wildman–Crippen MR) is 563 cm³/mol. The lowest BCUT2D eigenvalue weighted by Crippen LogP contribution is -2.01. The molecule has 15 aromatic carbocycles. The molecule has 15 aromatic rings. The highest BCUT2D eigenvalue weighted by Gasteiger charge is 2.23. The zero-order valence-corrected chi connectivity index (χ0v) is 83.8. The number of ether oxygens (including phenoxy) is 5. The second-order valence-electron chi connectivity index (χ2n) is 35.5. The number of halogens is 10. The quantitative estimate of drug-likeness (QED) is 0.0282. The lowest BCUT2D eigenvalue weighted by atomic mass is 9.99. The van der Waals surface area contributed by atoms with Gasteiger partial charge in [0.05, 0.1) is 33.0 Å². The van der Waals surface area contributed by atoms with Crippen molar-refractivity contribution in [2.24, 2.45) is 0 Å². The maximum Gasteiger partial charge on any atom is 0.201 e. The van der Waals surface area contributed by atoms with Crippen LogP contribution in [-0.2, 0) is 89.9 Å². The number of rotatable bonds is 42. The minimum absolute atomic E-state index is 0.0237. The fourth-order valence-electron chi connectivity index (χ4n) is 16.5. The second-order valence-corrected chi connectivity index (χ2v) is 35.5. The first-order valence-corrected chi connectivity index (χ1v) is 50.4. The van der Waals surface area contributed by atoms with Gasteiger partial charge in [0.1, 0.15) is 0 Å². The summed E-state index contributed by atoms with van der Waals surface area (Å²) >= 11 is 0. The van der Waals surface area contributed by atoms with Crippen LogP contribution in [0.2, 0.25) is 0 Å². The number of hydrogen-bond donors (Lipinski definition) is 0. The summed E-state index contributed by atoms with van der Waals surface area (Å²) in [7, 11) is 0. The molecule has 5 nitrogen and oxygen atoms in total. The molecule has 0 atom stereocenters. The van der Waals surface area contributed by atoms with Gasteiger partial charge in [0, 0.05) is 27.8 Å². The summed E-state index contributed by atoms with van der Waals surface area (Å²) in [6.07, 6.45) is 22.9. The van der Waals surface area contributed by atoms with E-state index in [0.29, 0.717) is 60.9 Å². The number of aryl methyl sites for hydroxylation is 15. The van der Waals surface area contributed by atoms with Crippen molar-refractivity contribution in [2.45, 2.75) is 210 Å². The monoisotopic (exact) mass is 1930 g/mol. The van der Waals surface area contributed by atoms with Gasteiger partial charge in [-0.15, -0.1) is 0 Å². The van der Waals surface area contributed by atoms with Crippen molar-refractivity contribution in [2.75, 3.05) is 33.0 Å². The summed E-state index contributed by atoms with van der Waals surface area (Å²) in [4.78, 5) is 0. The molecule has 0 aliphatic carbocycles. The van der Waals surface area contributed by atoms with E-state index in [1.165, 1.54) is 146 Å². The molecule has 0 aromatic heterocycles. The molecule has 15 rings (SSSR count). The van der Waals surface area contributed by atoms with Crippen LogP contribution >= 0.6 is 0 Å². The summed E-state index contributed by atoms with van der Waals surface area (Å²) in [6.45, 7) is 21.4. The molecule has 742 valence electrons. The molecule has 0 unspecified atom stereocenters. The Morgan fingerprint density at radius 2 is 0.352 bits per heavy atom. The third-order valence-electron chi connectivity index (χ3n) is 25.1. The highest BCUT2D eigenvalue weighted by molar-refractivity contribution is 5.70. The fourth-order valence-corrected chi connectivity index (χ4v) is 16.5. The van der Waals surface area contributed by atoms with Crippen LogP contribution in [-0.4, -0.2) is 33.0 Å². The Labute approximate surface area is 835 Å². The molecule has 0 amide bonds. The lowest BCUT2D eigenvalue weighted by Gasteiger charge is -2.11. The molecule has 0 fully saturated rings. The van der Waals surface area contributed by atoms with Crippen LogP contribution in [0.4, 0.5) is 43.9 Å². The van der Waals surface area contributed by atoms with E-state index in [1.54, 1.807) is 58.0 Å². The zero-order valence-electron chi connectivity index (χ0n) is 83.8. The third kappa shape index (κ3) is 32.6. The van der Waals surface area contributed by atoms with Gasteiger partial charge in [0.25, 0.3) is 0 Å². The van der Waals surface area contributed by atoms with Gasteiger partial charge >= 0.3 is 0 Å². The van der Waals surface area contributed by atoms with Gasteiger partial charge in [-0.1, -0.05) is 315 Å². The Kier molecular flexibility index (Phi) is 44.1. The number of benzene rings is 15. The first-order valence-electron chi connectivity index (χ1n) is 50.4. The Morgan fingerprint density at radius 3 is 0.563 bits per heavy atom. The van der Waals surface area contributed by atoms with Gasteiger partial charge in [-0.25, -0.2) is 22.0 Å². The van der Waals surface area contributed by atoms with Crippen molar-refractivity contribution in [1.82, 2.24) is 0 Å². The van der Waals surface area contributed by atoms with Gasteiger partial charge < -0.3 is 23.7 Å². The number of hydrogen-bond acceptors (Lipinski definition) is 5. The van der Waals surface area contributed by atoms with E-state index in [2.05, 4.69) is 156 Å². The van der Waals surface area contributed by atoms with Crippen molar-refractivity contribution in [3.63, 3.8) is 0 Å². The molecule has 0 spiro atoms. The summed E-state index contributed by atoms with van der Waals surface area (Å²) in [5, 5.41) is 0. The van der Waals surface area contributed by atoms with Gasteiger partial charge in [0.2, 0.25) is 29.1 Å². The van der Waals surface area contributed by atoms with Crippen molar-refractivity contribution in [3.8, 4) is 84.4 Å². The fraction of sp³-hybridized carbons (Fsp3) is 0.291. The van der Waals surface area contributed by atoms with Crippen LogP contribution in [0.15, 0.2) is 303 Å². The van der Waals surface area contributed by atoms with Crippen LogP contribution in [0.1, 0.15) is 197 Å². The largest absolute Gasteiger partial charge is 0.491 e. The van der Waals surface area contributed by atoms with E-state index in [9.17, 15) is 43.9 Å². The van der Waals surface area contributed by atoms with E-state index < -0.39 is 58.2 Å². The van der Waals surface area contributed by atoms with E-state index in [4.69, 9.17) is 23.7 Å². The Balaban J connectivity index is 0.000000170. The van der Waals surface area contributed by atoms with Crippen LogP contribution in [0.25, 0.3) is 55.6 Å². The van der Waals surface area contributed by atoms with Crippen LogP contribution in [0.5, 0.6) is 28.7 Å². The van der Waals surface area contributed by atoms with Gasteiger partial charge in [-0.05, 0) is 310 Å². The molecule has 0 aliphatic rings. The lowest BCUT2D eigenvalue weighted by molar-refractivity contribution is 0.289. The minimum Gasteiger partial charge on any atom is -0.491 e. The van der Waals surface area contributed by atoms with Crippen molar-refractivity contribution in [3.05, 3.63) is 445 Å². The molecule has 0 bridgehead atoms. The molecular weight excluding hydrogens is 1800 g/mol. The molecule has 0 saturated carbocycles. The maximum absolute atomic E-state index is 14.5. The van der Waals surface area contributed by atoms with Crippen molar-refractivity contribution in [1.29, 1.82) is 0 Å². The second kappa shape index (κ2) is 57.5. The standard InChI is InChI=1S/C27H30F2O.C26H28F2O.2C25H26F2O.C24H24F2O/c1-3-5-6-7-20-8-10-21(11-9-20)12-13-22-14-16-23(17-15-22)24-18-19-25(30-4-2)27(29)26(24)28;1-3-5-6-19-7-9-20(10-8-19)11-12-21-13-15-22(16-14-21)23-17-18-24(29-4-2)26(28)25(23)27;1-3-4-17-28-23-16-15-22(24(26)25(23)27)21-13-11-20(12-14-21)10-9-19-7-5-18(2)6-8-19;1-3-5-18-6-8-19(9-7-18)10-11-20-12-14-21(15-13-20)22-16-17-23(28-4-2)25(27)24(22)26;1-3-17-5-7-18(8-6-17)9-10-19-11-13-20(14-12-19)21-15-16-22(27-4-2)24(26)23(21)25/h8-11,14-19H,3-7,12-13H2,1-2H3;7-10,13-18H,3-6,11-12H2,1-2H3;5-8,11-16H,3-4,9-10,17H2,1-2H3;6-9,12-17H,3-5,10-11H2,1-2H3;5-8,11-16H,3-4,9-10H2,1-2H3. The predicted octanol–water partition coefficient (Wildman–Crippen LogP) is 34.8. The average molecular weight is 1930 g/mol. The molecule has 142 heavy (non-hydrogen) atoms. The highest BCUT2D eigenvalue weighted by atomic mass is 19.2. The van der Waals surface area contributed by atoms with Crippen molar-refractivity contribution >= 4 is 0 Å². The first kappa shape index (κ1) is 109. The van der Waals surface area contributed by atoms with Crippen LogP contribution in [0.3, 0.4) is 0 Å². The highest BCUT2D eigenvalue weighted by Crippen LogP contribution is 2.37. The van der Waals surface area contributed by atoms with Crippen LogP contribution in [0, 0.1) is 65.1 Å². The Morgan fingerprint density at radius 1 is 0.162 bits per heavy atom. The van der Waals surface area contributed by atoms with Gasteiger partial charge in [0.15, 0.2) is 57.8 Å². The number of unbranched alkanes of at least 4 members (excludes halogenated alkanes) is 4. The maximum atomic E-state index is 14.5. The normalized spacial score (nSPS) is 10.9. The zero-order chi connectivity index (χ0) is 101. The topological polar surface area (TPSA) is 46.2 Å². The Hall–Kier alpha value is -13.4.